The van der Waals surface area contributed by atoms with Gasteiger partial charge in [-0.3, -0.25) is 0 Å². The summed E-state index contributed by atoms with van der Waals surface area (Å²) in [4.78, 5) is 2.66. The van der Waals surface area contributed by atoms with E-state index in [1.54, 1.807) is 0 Å². The van der Waals surface area contributed by atoms with E-state index in [0.717, 1.165) is 19.0 Å². The molecule has 2 atom stereocenters. The van der Waals surface area contributed by atoms with Crippen molar-refractivity contribution in [3.8, 4) is 0 Å². The summed E-state index contributed by atoms with van der Waals surface area (Å²) in [5.41, 5.74) is 2.87. The van der Waals surface area contributed by atoms with Crippen LogP contribution in [0.25, 0.3) is 0 Å². The molecule has 1 saturated heterocycles. The van der Waals surface area contributed by atoms with Gasteiger partial charge in [0.05, 0.1) is 0 Å². The molecule has 0 bridgehead atoms. The Morgan fingerprint density at radius 1 is 1.30 bits per heavy atom. The zero-order valence-electron chi connectivity index (χ0n) is 13.4. The molecule has 1 aliphatic rings. The van der Waals surface area contributed by atoms with E-state index in [1.165, 1.54) is 43.5 Å². The summed E-state index contributed by atoms with van der Waals surface area (Å²) < 4.78 is 0. The normalized spacial score (nSPS) is 21.9. The second kappa shape index (κ2) is 7.80. The van der Waals surface area contributed by atoms with Crippen LogP contribution in [0.5, 0.6) is 0 Å². The van der Waals surface area contributed by atoms with Gasteiger partial charge in [0.2, 0.25) is 0 Å². The van der Waals surface area contributed by atoms with Crippen LogP contribution >= 0.6 is 0 Å². The van der Waals surface area contributed by atoms with Crippen LogP contribution in [0.2, 0.25) is 0 Å². The fourth-order valence-electron chi connectivity index (χ4n) is 3.41. The Bertz CT molecular complexity index is 402. The minimum atomic E-state index is 0.469. The summed E-state index contributed by atoms with van der Waals surface area (Å²) in [6.45, 7) is 11.5. The molecule has 112 valence electrons. The van der Waals surface area contributed by atoms with Crippen LogP contribution < -0.4 is 5.32 Å². The summed E-state index contributed by atoms with van der Waals surface area (Å²) in [5.74, 6) is 0.905. The SMILES string of the molecule is CCNC(CN1CCCC(CC)C1)c1ccccc1C. The fraction of sp³-hybridized carbons (Fsp3) is 0.667. The lowest BCUT2D eigenvalue weighted by atomic mass is 9.94. The average molecular weight is 274 g/mol. The number of piperidine rings is 1. The van der Waals surface area contributed by atoms with Crippen LogP contribution in [0, 0.1) is 12.8 Å². The van der Waals surface area contributed by atoms with Crippen LogP contribution in [0.3, 0.4) is 0 Å². The van der Waals surface area contributed by atoms with Gasteiger partial charge in [0.1, 0.15) is 0 Å². The predicted octanol–water partition coefficient (Wildman–Crippen LogP) is 3.77. The Hall–Kier alpha value is -0.860. The molecule has 1 aromatic rings. The van der Waals surface area contributed by atoms with E-state index in [0.29, 0.717) is 6.04 Å². The molecule has 0 spiro atoms. The maximum absolute atomic E-state index is 3.68. The highest BCUT2D eigenvalue weighted by molar-refractivity contribution is 5.29. The van der Waals surface area contributed by atoms with Gasteiger partial charge in [-0.15, -0.1) is 0 Å². The fourth-order valence-corrected chi connectivity index (χ4v) is 3.41. The number of nitrogens with one attached hydrogen (secondary N) is 1. The Morgan fingerprint density at radius 2 is 2.10 bits per heavy atom. The van der Waals surface area contributed by atoms with Crippen LogP contribution in [-0.2, 0) is 0 Å². The Balaban J connectivity index is 2.04. The third kappa shape index (κ3) is 4.07. The van der Waals surface area contributed by atoms with Crippen molar-refractivity contribution in [2.45, 2.75) is 46.1 Å². The molecule has 0 saturated carbocycles. The lowest BCUT2D eigenvalue weighted by Gasteiger charge is -2.35. The van der Waals surface area contributed by atoms with Gasteiger partial charge in [-0.1, -0.05) is 44.5 Å². The molecule has 0 amide bonds. The lowest BCUT2D eigenvalue weighted by molar-refractivity contribution is 0.156. The highest BCUT2D eigenvalue weighted by Gasteiger charge is 2.22. The highest BCUT2D eigenvalue weighted by atomic mass is 15.2. The van der Waals surface area contributed by atoms with Crippen molar-refractivity contribution in [2.75, 3.05) is 26.2 Å². The van der Waals surface area contributed by atoms with E-state index in [9.17, 15) is 0 Å². The number of aryl methyl sites for hydroxylation is 1. The maximum Gasteiger partial charge on any atom is 0.0451 e. The molecule has 2 rings (SSSR count). The van der Waals surface area contributed by atoms with E-state index in [2.05, 4.69) is 55.3 Å². The Morgan fingerprint density at radius 3 is 2.80 bits per heavy atom. The number of hydrogen-bond acceptors (Lipinski definition) is 2. The van der Waals surface area contributed by atoms with Crippen molar-refractivity contribution in [3.63, 3.8) is 0 Å². The molecule has 1 aromatic carbocycles. The quantitative estimate of drug-likeness (QED) is 0.849. The van der Waals surface area contributed by atoms with Crippen LogP contribution in [0.15, 0.2) is 24.3 Å². The van der Waals surface area contributed by atoms with E-state index in [-0.39, 0.29) is 0 Å². The smallest absolute Gasteiger partial charge is 0.0451 e. The third-order valence-corrected chi connectivity index (χ3v) is 4.64. The monoisotopic (exact) mass is 274 g/mol. The topological polar surface area (TPSA) is 15.3 Å². The zero-order valence-corrected chi connectivity index (χ0v) is 13.4. The largest absolute Gasteiger partial charge is 0.309 e. The highest BCUT2D eigenvalue weighted by Crippen LogP contribution is 2.23. The van der Waals surface area contributed by atoms with E-state index in [4.69, 9.17) is 0 Å². The number of likely N-dealkylation sites (tertiary alicyclic amines) is 1. The van der Waals surface area contributed by atoms with Crippen molar-refractivity contribution in [1.29, 1.82) is 0 Å². The maximum atomic E-state index is 3.68. The van der Waals surface area contributed by atoms with Crippen molar-refractivity contribution in [3.05, 3.63) is 35.4 Å². The van der Waals surface area contributed by atoms with Crippen molar-refractivity contribution < 1.29 is 0 Å². The molecule has 2 nitrogen and oxygen atoms in total. The van der Waals surface area contributed by atoms with Gasteiger partial charge in [0, 0.05) is 19.1 Å². The van der Waals surface area contributed by atoms with Crippen LogP contribution in [-0.4, -0.2) is 31.1 Å². The third-order valence-electron chi connectivity index (χ3n) is 4.64. The first-order valence-electron chi connectivity index (χ1n) is 8.25. The molecule has 2 unspecified atom stereocenters. The molecule has 1 aliphatic heterocycles. The molecule has 0 aliphatic carbocycles. The predicted molar refractivity (Wildman–Crippen MR) is 87.1 cm³/mol. The van der Waals surface area contributed by atoms with Gasteiger partial charge in [0.25, 0.3) is 0 Å². The average Bonchev–Trinajstić information content (AvgIpc) is 2.47. The summed E-state index contributed by atoms with van der Waals surface area (Å²) in [6.07, 6.45) is 4.11. The number of benzene rings is 1. The zero-order chi connectivity index (χ0) is 14.4. The first-order chi connectivity index (χ1) is 9.74. The van der Waals surface area contributed by atoms with Gasteiger partial charge in [-0.05, 0) is 49.9 Å². The summed E-state index contributed by atoms with van der Waals surface area (Å²) in [6, 6.07) is 9.28. The first-order valence-corrected chi connectivity index (χ1v) is 8.25. The minimum Gasteiger partial charge on any atom is -0.309 e. The van der Waals surface area contributed by atoms with Gasteiger partial charge in [-0.2, -0.15) is 0 Å². The molecular weight excluding hydrogens is 244 g/mol. The molecule has 0 radical (unpaired) electrons. The van der Waals surface area contributed by atoms with Gasteiger partial charge >= 0.3 is 0 Å². The molecule has 2 heteroatoms. The molecular formula is C18H30N2. The Kier molecular flexibility index (Phi) is 6.06. The van der Waals surface area contributed by atoms with E-state index in [1.807, 2.05) is 0 Å². The number of nitrogens with zero attached hydrogens (tertiary/aromatic N) is 1. The standard InChI is InChI=1S/C18H30N2/c1-4-16-10-8-12-20(13-16)14-18(19-5-2)17-11-7-6-9-15(17)3/h6-7,9,11,16,18-19H,4-5,8,10,12-14H2,1-3H3. The van der Waals surface area contributed by atoms with Crippen LogP contribution in [0.1, 0.15) is 50.3 Å². The number of rotatable bonds is 6. The van der Waals surface area contributed by atoms with E-state index >= 15 is 0 Å². The lowest BCUT2D eigenvalue weighted by Crippen LogP contribution is -2.41. The number of likely N-dealkylation sites (N-methyl/N-ethyl adjacent to an activating group) is 1. The van der Waals surface area contributed by atoms with Crippen molar-refractivity contribution in [1.82, 2.24) is 10.2 Å². The number of hydrogen-bond donors (Lipinski definition) is 1. The molecule has 1 fully saturated rings. The summed E-state index contributed by atoms with van der Waals surface area (Å²) in [5, 5.41) is 3.68. The molecule has 1 heterocycles. The van der Waals surface area contributed by atoms with Crippen molar-refractivity contribution in [2.24, 2.45) is 5.92 Å². The minimum absolute atomic E-state index is 0.469. The van der Waals surface area contributed by atoms with Crippen molar-refractivity contribution >= 4 is 0 Å². The summed E-state index contributed by atoms with van der Waals surface area (Å²) in [7, 11) is 0. The van der Waals surface area contributed by atoms with Gasteiger partial charge in [0.15, 0.2) is 0 Å². The first kappa shape index (κ1) is 15.5. The molecule has 20 heavy (non-hydrogen) atoms. The molecule has 1 N–H and O–H groups in total. The van der Waals surface area contributed by atoms with Gasteiger partial charge in [-0.25, -0.2) is 0 Å². The second-order valence-corrected chi connectivity index (χ2v) is 6.14. The van der Waals surface area contributed by atoms with E-state index < -0.39 is 0 Å². The van der Waals surface area contributed by atoms with Gasteiger partial charge < -0.3 is 10.2 Å². The molecule has 0 aromatic heterocycles. The Labute approximate surface area is 124 Å². The van der Waals surface area contributed by atoms with Crippen LogP contribution in [0.4, 0.5) is 0 Å². The second-order valence-electron chi connectivity index (χ2n) is 6.14. The summed E-state index contributed by atoms with van der Waals surface area (Å²) >= 11 is 0.